The van der Waals surface area contributed by atoms with Gasteiger partial charge >= 0.3 is 0 Å². The fourth-order valence-electron chi connectivity index (χ4n) is 2.44. The SMILES string of the molecule is O=C(CCCCCCCO)NCCNC(=O)CCCCCCCO. The first-order valence-corrected chi connectivity index (χ1v) is 9.45. The molecule has 0 aromatic heterocycles. The normalized spacial score (nSPS) is 10.6. The summed E-state index contributed by atoms with van der Waals surface area (Å²) < 4.78 is 0. The number of aliphatic hydroxyl groups excluding tert-OH is 2. The fourth-order valence-corrected chi connectivity index (χ4v) is 2.44. The van der Waals surface area contributed by atoms with Gasteiger partial charge in [0.15, 0.2) is 0 Å². The summed E-state index contributed by atoms with van der Waals surface area (Å²) in [7, 11) is 0. The van der Waals surface area contributed by atoms with Gasteiger partial charge in [-0.2, -0.15) is 0 Å². The van der Waals surface area contributed by atoms with Gasteiger partial charge in [-0.05, 0) is 25.7 Å². The van der Waals surface area contributed by atoms with Crippen molar-refractivity contribution in [2.45, 2.75) is 77.0 Å². The van der Waals surface area contributed by atoms with Crippen LogP contribution in [0.25, 0.3) is 0 Å². The summed E-state index contributed by atoms with van der Waals surface area (Å²) in [5, 5.41) is 22.9. The van der Waals surface area contributed by atoms with Crippen LogP contribution in [0, 0.1) is 0 Å². The van der Waals surface area contributed by atoms with Gasteiger partial charge in [0.05, 0.1) is 0 Å². The van der Waals surface area contributed by atoms with Crippen molar-refractivity contribution in [3.8, 4) is 0 Å². The van der Waals surface area contributed by atoms with Crippen LogP contribution in [0.4, 0.5) is 0 Å². The van der Waals surface area contributed by atoms with Crippen molar-refractivity contribution in [3.63, 3.8) is 0 Å². The lowest BCUT2D eigenvalue weighted by Crippen LogP contribution is -2.34. The molecule has 0 fully saturated rings. The number of aliphatic hydroxyl groups is 2. The van der Waals surface area contributed by atoms with E-state index in [-0.39, 0.29) is 25.0 Å². The number of nitrogens with one attached hydrogen (secondary N) is 2. The molecule has 0 radical (unpaired) electrons. The Morgan fingerprint density at radius 1 is 0.542 bits per heavy atom. The van der Waals surface area contributed by atoms with E-state index in [4.69, 9.17) is 10.2 Å². The van der Waals surface area contributed by atoms with Crippen molar-refractivity contribution in [2.24, 2.45) is 0 Å². The van der Waals surface area contributed by atoms with Gasteiger partial charge in [-0.3, -0.25) is 9.59 Å². The van der Waals surface area contributed by atoms with E-state index in [1.165, 1.54) is 0 Å². The first-order chi connectivity index (χ1) is 11.7. The summed E-state index contributed by atoms with van der Waals surface area (Å²) in [5.74, 6) is 0.0746. The third-order valence-electron chi connectivity index (χ3n) is 3.89. The van der Waals surface area contributed by atoms with Crippen molar-refractivity contribution >= 4 is 11.8 Å². The van der Waals surface area contributed by atoms with Crippen molar-refractivity contribution in [3.05, 3.63) is 0 Å². The molecule has 0 saturated carbocycles. The summed E-state index contributed by atoms with van der Waals surface area (Å²) in [5.41, 5.74) is 0. The monoisotopic (exact) mass is 344 g/mol. The number of hydrogen-bond donors (Lipinski definition) is 4. The van der Waals surface area contributed by atoms with Gasteiger partial charge in [-0.1, -0.05) is 38.5 Å². The van der Waals surface area contributed by atoms with Crippen LogP contribution in [0.2, 0.25) is 0 Å². The van der Waals surface area contributed by atoms with Crippen LogP contribution in [0.1, 0.15) is 77.0 Å². The quantitative estimate of drug-likeness (QED) is 0.303. The third-order valence-corrected chi connectivity index (χ3v) is 3.89. The second-order valence-corrected chi connectivity index (χ2v) is 6.18. The molecule has 6 heteroatoms. The van der Waals surface area contributed by atoms with Crippen molar-refractivity contribution in [1.29, 1.82) is 0 Å². The molecule has 2 amide bonds. The molecule has 0 unspecified atom stereocenters. The van der Waals surface area contributed by atoms with E-state index in [1.807, 2.05) is 0 Å². The number of carbonyl (C=O) groups is 2. The number of rotatable bonds is 17. The summed E-state index contributed by atoms with van der Waals surface area (Å²) in [6.07, 6.45) is 10.7. The lowest BCUT2D eigenvalue weighted by atomic mass is 10.1. The van der Waals surface area contributed by atoms with Crippen LogP contribution in [0.3, 0.4) is 0 Å². The minimum absolute atomic E-state index is 0.0373. The van der Waals surface area contributed by atoms with Gasteiger partial charge in [0.25, 0.3) is 0 Å². The van der Waals surface area contributed by atoms with Crippen molar-refractivity contribution < 1.29 is 19.8 Å². The van der Waals surface area contributed by atoms with Crippen LogP contribution < -0.4 is 10.6 Å². The second-order valence-electron chi connectivity index (χ2n) is 6.18. The molecule has 0 aromatic carbocycles. The zero-order valence-corrected chi connectivity index (χ0v) is 15.0. The number of carbonyl (C=O) groups excluding carboxylic acids is 2. The molecule has 0 aliphatic carbocycles. The molecule has 0 aliphatic rings. The van der Waals surface area contributed by atoms with E-state index in [9.17, 15) is 9.59 Å². The predicted molar refractivity (Wildman–Crippen MR) is 95.6 cm³/mol. The van der Waals surface area contributed by atoms with E-state index in [0.29, 0.717) is 25.9 Å². The minimum atomic E-state index is 0.0373. The zero-order valence-electron chi connectivity index (χ0n) is 15.0. The minimum Gasteiger partial charge on any atom is -0.396 e. The highest BCUT2D eigenvalue weighted by Crippen LogP contribution is 2.05. The molecule has 0 aromatic rings. The Kier molecular flexibility index (Phi) is 17.3. The number of hydrogen-bond acceptors (Lipinski definition) is 4. The largest absolute Gasteiger partial charge is 0.396 e. The Morgan fingerprint density at radius 2 is 0.875 bits per heavy atom. The second kappa shape index (κ2) is 18.2. The summed E-state index contributed by atoms with van der Waals surface area (Å²) >= 11 is 0. The van der Waals surface area contributed by atoms with Gasteiger partial charge in [0.2, 0.25) is 11.8 Å². The van der Waals surface area contributed by atoms with Crippen molar-refractivity contribution in [2.75, 3.05) is 26.3 Å². The third kappa shape index (κ3) is 17.2. The highest BCUT2D eigenvalue weighted by Gasteiger charge is 2.03. The molecule has 0 rings (SSSR count). The lowest BCUT2D eigenvalue weighted by molar-refractivity contribution is -0.123. The molecule has 4 N–H and O–H groups in total. The molecule has 24 heavy (non-hydrogen) atoms. The molecule has 142 valence electrons. The van der Waals surface area contributed by atoms with Crippen molar-refractivity contribution in [1.82, 2.24) is 10.6 Å². The molecular formula is C18H36N2O4. The van der Waals surface area contributed by atoms with E-state index in [1.54, 1.807) is 0 Å². The molecule has 6 nitrogen and oxygen atoms in total. The highest BCUT2D eigenvalue weighted by atomic mass is 16.3. The average Bonchev–Trinajstić information content (AvgIpc) is 2.58. The molecule has 0 saturated heterocycles. The summed E-state index contributed by atoms with van der Waals surface area (Å²) in [6, 6.07) is 0. The maximum absolute atomic E-state index is 11.6. The number of amides is 2. The smallest absolute Gasteiger partial charge is 0.220 e. The maximum atomic E-state index is 11.6. The van der Waals surface area contributed by atoms with Gasteiger partial charge in [-0.15, -0.1) is 0 Å². The van der Waals surface area contributed by atoms with Gasteiger partial charge in [0.1, 0.15) is 0 Å². The van der Waals surface area contributed by atoms with E-state index in [0.717, 1.165) is 64.2 Å². The van der Waals surface area contributed by atoms with E-state index >= 15 is 0 Å². The van der Waals surface area contributed by atoms with Gasteiger partial charge in [-0.25, -0.2) is 0 Å². The van der Waals surface area contributed by atoms with Gasteiger partial charge in [0, 0.05) is 39.1 Å². The van der Waals surface area contributed by atoms with E-state index < -0.39 is 0 Å². The lowest BCUT2D eigenvalue weighted by Gasteiger charge is -2.07. The Hall–Kier alpha value is -1.14. The predicted octanol–water partition coefficient (Wildman–Crippen LogP) is 1.88. The Morgan fingerprint density at radius 3 is 1.25 bits per heavy atom. The molecule has 0 spiro atoms. The number of unbranched alkanes of at least 4 members (excludes halogenated alkanes) is 8. The van der Waals surface area contributed by atoms with Crippen LogP contribution >= 0.6 is 0 Å². The standard InChI is InChI=1S/C18H36N2O4/c21-15-9-5-1-3-7-11-17(23)19-13-14-20-18(24)12-8-4-2-6-10-16-22/h21-22H,1-16H2,(H,19,23)(H,20,24). The molecule has 0 heterocycles. The van der Waals surface area contributed by atoms with Crippen LogP contribution in [0.5, 0.6) is 0 Å². The summed E-state index contributed by atoms with van der Waals surface area (Å²) in [6.45, 7) is 1.45. The van der Waals surface area contributed by atoms with E-state index in [2.05, 4.69) is 10.6 Å². The van der Waals surface area contributed by atoms with Crippen LogP contribution in [0.15, 0.2) is 0 Å². The maximum Gasteiger partial charge on any atom is 0.220 e. The average molecular weight is 344 g/mol. The molecule has 0 atom stereocenters. The Balaban J connectivity index is 3.31. The Labute approximate surface area is 146 Å². The highest BCUT2D eigenvalue weighted by molar-refractivity contribution is 5.77. The summed E-state index contributed by atoms with van der Waals surface area (Å²) in [4.78, 5) is 23.2. The van der Waals surface area contributed by atoms with Crippen LogP contribution in [-0.2, 0) is 9.59 Å². The van der Waals surface area contributed by atoms with Gasteiger partial charge < -0.3 is 20.8 Å². The van der Waals surface area contributed by atoms with Crippen LogP contribution in [-0.4, -0.2) is 48.3 Å². The first-order valence-electron chi connectivity index (χ1n) is 9.45. The molecule has 0 aliphatic heterocycles. The topological polar surface area (TPSA) is 98.7 Å². The Bertz CT molecular complexity index is 281. The molecular weight excluding hydrogens is 308 g/mol. The molecule has 0 bridgehead atoms. The first kappa shape index (κ1) is 22.9. The zero-order chi connectivity index (χ0) is 17.9. The fraction of sp³-hybridized carbons (Fsp3) is 0.889.